The van der Waals surface area contributed by atoms with Crippen molar-refractivity contribution in [2.75, 3.05) is 6.54 Å². The molecule has 0 fully saturated rings. The van der Waals surface area contributed by atoms with E-state index >= 15 is 0 Å². The zero-order valence-electron chi connectivity index (χ0n) is 16.2. The second-order valence-corrected chi connectivity index (χ2v) is 7.07. The van der Waals surface area contributed by atoms with Gasteiger partial charge in [0, 0.05) is 19.4 Å². The Morgan fingerprint density at radius 3 is 2.00 bits per heavy atom. The predicted octanol–water partition coefficient (Wildman–Crippen LogP) is 5.14. The molecule has 0 aromatic carbocycles. The Kier molecular flexibility index (Phi) is 12.8. The minimum Gasteiger partial charge on any atom is -0.355 e. The maximum absolute atomic E-state index is 11.8. The summed E-state index contributed by atoms with van der Waals surface area (Å²) < 4.78 is 0. The molecule has 0 aromatic heterocycles. The van der Waals surface area contributed by atoms with Gasteiger partial charge >= 0.3 is 0 Å². The van der Waals surface area contributed by atoms with Gasteiger partial charge in [-0.15, -0.1) is 0 Å². The molecule has 3 nitrogen and oxygen atoms in total. The largest absolute Gasteiger partial charge is 0.355 e. The lowest BCUT2D eigenvalue weighted by atomic mass is 10.0. The van der Waals surface area contributed by atoms with Gasteiger partial charge in [-0.05, 0) is 52.4 Å². The molecule has 0 spiro atoms. The molecule has 0 unspecified atom stereocenters. The fraction of sp³-hybridized carbons (Fsp3) is 0.619. The first kappa shape index (κ1) is 22.4. The van der Waals surface area contributed by atoms with Gasteiger partial charge in [0.05, 0.1) is 0 Å². The number of Topliss-reactive ketones (excluding diaryl/α,β-unsaturated/α-hetero) is 1. The molecular formula is C21H35NO2. The van der Waals surface area contributed by atoms with E-state index in [2.05, 4.69) is 58.2 Å². The van der Waals surface area contributed by atoms with Gasteiger partial charge in [0.2, 0.25) is 6.41 Å². The average Bonchev–Trinajstić information content (AvgIpc) is 2.46. The average molecular weight is 334 g/mol. The molecular weight excluding hydrogens is 298 g/mol. The molecule has 0 atom stereocenters. The number of hydrogen-bond acceptors (Lipinski definition) is 2. The Balaban J connectivity index is 4.04. The van der Waals surface area contributed by atoms with Crippen LogP contribution in [0.2, 0.25) is 0 Å². The van der Waals surface area contributed by atoms with E-state index in [-0.39, 0.29) is 0 Å². The minimum atomic E-state index is 0.345. The van der Waals surface area contributed by atoms with Crippen molar-refractivity contribution < 1.29 is 9.59 Å². The lowest BCUT2D eigenvalue weighted by molar-refractivity contribution is -0.119. The summed E-state index contributed by atoms with van der Waals surface area (Å²) in [5.74, 6) is 0.791. The van der Waals surface area contributed by atoms with Crippen molar-refractivity contribution in [1.82, 2.24) is 5.32 Å². The number of hydrogen-bond donors (Lipinski definition) is 1. The molecule has 0 rings (SSSR count). The zero-order valence-corrected chi connectivity index (χ0v) is 16.2. The van der Waals surface area contributed by atoms with Gasteiger partial charge in [-0.1, -0.05) is 48.8 Å². The smallest absolute Gasteiger partial charge is 0.207 e. The third-order valence-corrected chi connectivity index (χ3v) is 3.83. The molecule has 0 aliphatic heterocycles. The molecule has 0 saturated carbocycles. The fourth-order valence-corrected chi connectivity index (χ4v) is 2.49. The SMILES string of the molecule is CC(=CCCC(C)=CCNC=O)CCC=C(C)CC(=O)CC(C)C. The summed E-state index contributed by atoms with van der Waals surface area (Å²) in [6.45, 7) is 11.1. The third kappa shape index (κ3) is 14.0. The van der Waals surface area contributed by atoms with Gasteiger partial charge in [0.15, 0.2) is 0 Å². The van der Waals surface area contributed by atoms with Crippen molar-refractivity contribution in [3.05, 3.63) is 34.9 Å². The number of carbonyl (C=O) groups excluding carboxylic acids is 2. The molecule has 0 bridgehead atoms. The van der Waals surface area contributed by atoms with E-state index in [1.807, 2.05) is 0 Å². The number of rotatable bonds is 13. The molecule has 3 heteroatoms. The fourth-order valence-electron chi connectivity index (χ4n) is 2.49. The molecule has 1 N–H and O–H groups in total. The van der Waals surface area contributed by atoms with Crippen LogP contribution in [0.3, 0.4) is 0 Å². The summed E-state index contributed by atoms with van der Waals surface area (Å²) in [5.41, 5.74) is 3.88. The summed E-state index contributed by atoms with van der Waals surface area (Å²) >= 11 is 0. The van der Waals surface area contributed by atoms with Crippen LogP contribution in [0.25, 0.3) is 0 Å². The van der Waals surface area contributed by atoms with Crippen molar-refractivity contribution in [1.29, 1.82) is 0 Å². The van der Waals surface area contributed by atoms with Gasteiger partial charge in [0.25, 0.3) is 0 Å². The molecule has 0 aliphatic carbocycles. The van der Waals surface area contributed by atoms with Crippen molar-refractivity contribution in [3.8, 4) is 0 Å². The molecule has 0 aliphatic rings. The van der Waals surface area contributed by atoms with E-state index in [0.29, 0.717) is 31.1 Å². The standard InChI is InChI=1S/C21H35NO2/c1-17(2)14-21(24)15-20(5)11-7-9-18(3)8-6-10-19(4)12-13-22-16-23/h8,11-12,16-17H,6-7,9-10,13-15H2,1-5H3,(H,22,23). The Morgan fingerprint density at radius 2 is 1.46 bits per heavy atom. The summed E-state index contributed by atoms with van der Waals surface area (Å²) in [4.78, 5) is 21.9. The summed E-state index contributed by atoms with van der Waals surface area (Å²) in [6, 6.07) is 0. The quantitative estimate of drug-likeness (QED) is 0.288. The van der Waals surface area contributed by atoms with E-state index < -0.39 is 0 Å². The van der Waals surface area contributed by atoms with Gasteiger partial charge in [-0.2, -0.15) is 0 Å². The molecule has 1 amide bonds. The number of amides is 1. The Labute approximate surface area is 148 Å². The van der Waals surface area contributed by atoms with Crippen molar-refractivity contribution >= 4 is 12.2 Å². The summed E-state index contributed by atoms with van der Waals surface area (Å²) in [6.07, 6.45) is 12.6. The van der Waals surface area contributed by atoms with Crippen LogP contribution in [0, 0.1) is 5.92 Å². The first-order valence-electron chi connectivity index (χ1n) is 9.00. The van der Waals surface area contributed by atoms with Crippen LogP contribution in [0.1, 0.15) is 73.1 Å². The molecule has 136 valence electrons. The Bertz CT molecular complexity index is 470. The molecule has 24 heavy (non-hydrogen) atoms. The van der Waals surface area contributed by atoms with E-state index in [0.717, 1.165) is 32.1 Å². The van der Waals surface area contributed by atoms with Crippen LogP contribution >= 0.6 is 0 Å². The van der Waals surface area contributed by atoms with Gasteiger partial charge < -0.3 is 5.32 Å². The summed E-state index contributed by atoms with van der Waals surface area (Å²) in [5, 5.41) is 2.64. The van der Waals surface area contributed by atoms with E-state index in [4.69, 9.17) is 0 Å². The van der Waals surface area contributed by atoms with Gasteiger partial charge in [-0.3, -0.25) is 9.59 Å². The predicted molar refractivity (Wildman–Crippen MR) is 103 cm³/mol. The van der Waals surface area contributed by atoms with Crippen LogP contribution in [-0.2, 0) is 9.59 Å². The second-order valence-electron chi connectivity index (χ2n) is 7.07. The maximum Gasteiger partial charge on any atom is 0.207 e. The first-order chi connectivity index (χ1) is 11.3. The van der Waals surface area contributed by atoms with Gasteiger partial charge in [-0.25, -0.2) is 0 Å². The Morgan fingerprint density at radius 1 is 0.917 bits per heavy atom. The second kappa shape index (κ2) is 13.8. The first-order valence-corrected chi connectivity index (χ1v) is 9.00. The molecule has 0 aromatic rings. The minimum absolute atomic E-state index is 0.345. The van der Waals surface area contributed by atoms with Crippen molar-refractivity contribution in [2.24, 2.45) is 5.92 Å². The highest BCUT2D eigenvalue weighted by molar-refractivity contribution is 5.80. The molecule has 0 heterocycles. The van der Waals surface area contributed by atoms with Crippen LogP contribution in [0.5, 0.6) is 0 Å². The highest BCUT2D eigenvalue weighted by Crippen LogP contribution is 2.13. The van der Waals surface area contributed by atoms with E-state index in [9.17, 15) is 9.59 Å². The lowest BCUT2D eigenvalue weighted by Crippen LogP contribution is -2.09. The van der Waals surface area contributed by atoms with Crippen LogP contribution in [-0.4, -0.2) is 18.7 Å². The maximum atomic E-state index is 11.8. The van der Waals surface area contributed by atoms with Crippen LogP contribution in [0.4, 0.5) is 0 Å². The summed E-state index contributed by atoms with van der Waals surface area (Å²) in [7, 11) is 0. The number of allylic oxidation sites excluding steroid dienone is 5. The lowest BCUT2D eigenvalue weighted by Gasteiger charge is -2.05. The van der Waals surface area contributed by atoms with Crippen molar-refractivity contribution in [3.63, 3.8) is 0 Å². The topological polar surface area (TPSA) is 46.2 Å². The van der Waals surface area contributed by atoms with Crippen LogP contribution < -0.4 is 5.32 Å². The monoisotopic (exact) mass is 333 g/mol. The molecule has 0 radical (unpaired) electrons. The van der Waals surface area contributed by atoms with E-state index in [1.54, 1.807) is 0 Å². The number of ketones is 1. The molecule has 0 saturated heterocycles. The highest BCUT2D eigenvalue weighted by atomic mass is 16.1. The third-order valence-electron chi connectivity index (χ3n) is 3.83. The van der Waals surface area contributed by atoms with Crippen molar-refractivity contribution in [2.45, 2.75) is 73.1 Å². The number of nitrogens with one attached hydrogen (secondary N) is 1. The Hall–Kier alpha value is -1.64. The van der Waals surface area contributed by atoms with Gasteiger partial charge in [0.1, 0.15) is 5.78 Å². The number of carbonyl (C=O) groups is 2. The zero-order chi connectivity index (χ0) is 18.4. The normalized spacial score (nSPS) is 13.3. The highest BCUT2D eigenvalue weighted by Gasteiger charge is 2.05. The van der Waals surface area contributed by atoms with E-state index in [1.165, 1.54) is 16.7 Å². The van der Waals surface area contributed by atoms with Crippen LogP contribution in [0.15, 0.2) is 34.9 Å².